The second kappa shape index (κ2) is 14.0. The van der Waals surface area contributed by atoms with Crippen molar-refractivity contribution < 1.29 is 43.5 Å². The lowest BCUT2D eigenvalue weighted by Gasteiger charge is -2.63. The van der Waals surface area contributed by atoms with Gasteiger partial charge in [-0.05, 0) is 68.2 Å². The van der Waals surface area contributed by atoms with Crippen LogP contribution in [0.3, 0.4) is 0 Å². The van der Waals surface area contributed by atoms with E-state index in [0.717, 1.165) is 46.5 Å². The number of aromatic nitrogens is 1. The van der Waals surface area contributed by atoms with Crippen LogP contribution in [0.5, 0.6) is 0 Å². The minimum absolute atomic E-state index is 0.0644. The molecule has 318 valence electrons. The summed E-state index contributed by atoms with van der Waals surface area (Å²) in [5, 5.41) is 26.4. The van der Waals surface area contributed by atoms with Crippen molar-refractivity contribution >= 4 is 28.8 Å². The van der Waals surface area contributed by atoms with Crippen molar-refractivity contribution in [2.75, 3.05) is 61.1 Å². The Morgan fingerprint density at radius 2 is 1.75 bits per heavy atom. The fourth-order valence-electron chi connectivity index (χ4n) is 14.1. The number of nitrogens with zero attached hydrogens (tertiary/aromatic N) is 3. The maximum atomic E-state index is 15.3. The maximum absolute atomic E-state index is 15.3. The van der Waals surface area contributed by atoms with E-state index in [1.54, 1.807) is 7.11 Å². The third kappa shape index (κ3) is 5.23. The monoisotopic (exact) mass is 812 g/mol. The number of esters is 3. The smallest absolute Gasteiger partial charge is 0.344 e. The molecule has 5 aliphatic heterocycles. The van der Waals surface area contributed by atoms with E-state index in [0.29, 0.717) is 58.2 Å². The Labute approximate surface area is 346 Å². The Morgan fingerprint density at radius 3 is 2.44 bits per heavy atom. The summed E-state index contributed by atoms with van der Waals surface area (Å²) in [6.07, 6.45) is 9.65. The summed E-state index contributed by atoms with van der Waals surface area (Å²) in [5.74, 6) is -2.54. The molecular formula is C46H60N4O9. The molecule has 3 N–H and O–H groups in total. The van der Waals surface area contributed by atoms with E-state index in [1.807, 2.05) is 44.0 Å². The van der Waals surface area contributed by atoms with Crippen molar-refractivity contribution in [2.45, 2.75) is 100 Å². The Kier molecular flexibility index (Phi) is 9.60. The molecule has 2 aromatic rings. The average molecular weight is 813 g/mol. The lowest BCUT2D eigenvalue weighted by atomic mass is 9.47. The number of carbonyl (C=O) groups is 3. The second-order valence-electron chi connectivity index (χ2n) is 18.5. The van der Waals surface area contributed by atoms with Crippen LogP contribution < -0.4 is 0 Å². The molecule has 6 heterocycles. The summed E-state index contributed by atoms with van der Waals surface area (Å²) >= 11 is 0. The minimum atomic E-state index is -2.29. The van der Waals surface area contributed by atoms with Gasteiger partial charge in [-0.25, -0.2) is 4.79 Å². The molecule has 59 heavy (non-hydrogen) atoms. The van der Waals surface area contributed by atoms with Crippen LogP contribution in [0.2, 0.25) is 0 Å². The molecule has 2 aliphatic carbocycles. The van der Waals surface area contributed by atoms with Gasteiger partial charge in [-0.1, -0.05) is 56.4 Å². The topological polar surface area (TPSA) is 154 Å². The number of aliphatic hydroxyl groups is 2. The highest BCUT2D eigenvalue weighted by Gasteiger charge is 2.81. The van der Waals surface area contributed by atoms with Crippen LogP contribution in [-0.4, -0.2) is 144 Å². The van der Waals surface area contributed by atoms with Crippen LogP contribution in [0.25, 0.3) is 10.9 Å². The normalized spacial score (nSPS) is 41.0. The van der Waals surface area contributed by atoms with Crippen LogP contribution in [0.15, 0.2) is 59.8 Å². The predicted octanol–water partition coefficient (Wildman–Crippen LogP) is 3.63. The van der Waals surface area contributed by atoms with E-state index in [1.165, 1.54) is 21.1 Å². The molecule has 1 aromatic carbocycles. The SMILES string of the molecule is CC[C@]1(O)C[C@@H]2CN(CCc3c([nH]c4ccccc34)[C@@](C(=O)OC)(C3C=CC4=C(C3OC)N(C)[C@H]3[C@@](O)(C(=O)OC)[C@H](OC(C)=O)[C@]5(CC)C=CCN6CC[C@]43[C@@H]65)C2)C1. The van der Waals surface area contributed by atoms with E-state index in [2.05, 4.69) is 45.2 Å². The molecule has 1 aromatic heterocycles. The first kappa shape index (κ1) is 40.4. The number of fused-ring (bicyclic) bond motifs is 5. The molecule has 13 nitrogen and oxygen atoms in total. The van der Waals surface area contributed by atoms with E-state index in [-0.39, 0.29) is 12.0 Å². The number of allylic oxidation sites excluding steroid dienone is 1. The fraction of sp³-hybridized carbons (Fsp3) is 0.630. The minimum Gasteiger partial charge on any atom is -0.468 e. The molecule has 0 amide bonds. The molecule has 2 saturated heterocycles. The van der Waals surface area contributed by atoms with Crippen molar-refractivity contribution in [3.63, 3.8) is 0 Å². The first-order valence-corrected chi connectivity index (χ1v) is 21.5. The van der Waals surface area contributed by atoms with Gasteiger partial charge in [0.1, 0.15) is 11.5 Å². The van der Waals surface area contributed by atoms with Crippen molar-refractivity contribution in [3.05, 3.63) is 71.1 Å². The van der Waals surface area contributed by atoms with Gasteiger partial charge in [-0.2, -0.15) is 0 Å². The number of aromatic amines is 1. The molecule has 1 saturated carbocycles. The Bertz CT molecular complexity index is 2160. The van der Waals surface area contributed by atoms with Gasteiger partial charge < -0.3 is 39.0 Å². The van der Waals surface area contributed by atoms with Gasteiger partial charge in [0.15, 0.2) is 6.10 Å². The third-order valence-electron chi connectivity index (χ3n) is 16.0. The molecule has 1 spiro atoms. The molecule has 7 aliphatic rings. The van der Waals surface area contributed by atoms with Crippen LogP contribution in [0.1, 0.15) is 64.1 Å². The summed E-state index contributed by atoms with van der Waals surface area (Å²) in [5.41, 5.74) is -1.78. The third-order valence-corrected chi connectivity index (χ3v) is 16.0. The van der Waals surface area contributed by atoms with Crippen molar-refractivity contribution in [1.29, 1.82) is 0 Å². The molecule has 9 rings (SSSR count). The fourth-order valence-corrected chi connectivity index (χ4v) is 14.1. The second-order valence-corrected chi connectivity index (χ2v) is 18.5. The van der Waals surface area contributed by atoms with Crippen LogP contribution >= 0.6 is 0 Å². The van der Waals surface area contributed by atoms with Gasteiger partial charge in [0, 0.05) is 92.3 Å². The zero-order valence-electron chi connectivity index (χ0n) is 35.5. The summed E-state index contributed by atoms with van der Waals surface area (Å²) in [7, 11) is 6.26. The number of rotatable bonds is 7. The van der Waals surface area contributed by atoms with E-state index >= 15 is 4.79 Å². The number of ether oxygens (including phenoxy) is 4. The first-order valence-electron chi connectivity index (χ1n) is 21.5. The number of methoxy groups -OCH3 is 3. The van der Waals surface area contributed by atoms with Gasteiger partial charge in [-0.3, -0.25) is 19.4 Å². The van der Waals surface area contributed by atoms with Gasteiger partial charge in [0.2, 0.25) is 5.60 Å². The Balaban J connectivity index is 1.28. The van der Waals surface area contributed by atoms with Crippen molar-refractivity contribution in [3.8, 4) is 0 Å². The number of nitrogens with one attached hydrogen (secondary N) is 1. The van der Waals surface area contributed by atoms with Gasteiger partial charge in [0.25, 0.3) is 0 Å². The molecular weight excluding hydrogens is 753 g/mol. The highest BCUT2D eigenvalue weighted by atomic mass is 16.6. The first-order chi connectivity index (χ1) is 28.2. The number of carbonyl (C=O) groups excluding carboxylic acids is 3. The molecule has 2 bridgehead atoms. The summed E-state index contributed by atoms with van der Waals surface area (Å²) in [4.78, 5) is 53.2. The van der Waals surface area contributed by atoms with Crippen LogP contribution in [0.4, 0.5) is 0 Å². The number of hydrogen-bond acceptors (Lipinski definition) is 12. The average Bonchev–Trinajstić information content (AvgIpc) is 3.90. The number of para-hydroxylation sites is 1. The number of hydrogen-bond donors (Lipinski definition) is 3. The molecule has 0 radical (unpaired) electrons. The summed E-state index contributed by atoms with van der Waals surface area (Å²) in [6.45, 7) is 8.75. The highest BCUT2D eigenvalue weighted by molar-refractivity contribution is 5.91. The van der Waals surface area contributed by atoms with Gasteiger partial charge in [-0.15, -0.1) is 0 Å². The summed E-state index contributed by atoms with van der Waals surface area (Å²) in [6, 6.07) is 7.00. The number of piperidine rings is 1. The van der Waals surface area contributed by atoms with E-state index in [4.69, 9.17) is 18.9 Å². The zero-order valence-corrected chi connectivity index (χ0v) is 35.5. The van der Waals surface area contributed by atoms with Gasteiger partial charge >= 0.3 is 17.9 Å². The maximum Gasteiger partial charge on any atom is 0.344 e. The van der Waals surface area contributed by atoms with Crippen LogP contribution in [-0.2, 0) is 45.2 Å². The largest absolute Gasteiger partial charge is 0.468 e. The lowest BCUT2D eigenvalue weighted by molar-refractivity contribution is -0.245. The summed E-state index contributed by atoms with van der Waals surface area (Å²) < 4.78 is 24.3. The molecule has 13 heteroatoms. The molecule has 3 fully saturated rings. The number of benzene rings is 1. The zero-order chi connectivity index (χ0) is 41.9. The van der Waals surface area contributed by atoms with Gasteiger partial charge in [0.05, 0.1) is 25.9 Å². The standard InChI is InChI=1S/C46H60N4O9/c1-8-42(54)23-28-24-45(40(52)57-6,36-30(17-21-49(25-28)26-42)29-13-10-11-14-33(29)47-36)32-16-15-31-34(35(32)56-5)48(4)38-44(31)19-22-50-20-12-18-43(9-2,37(44)50)39(59-27(3)51)46(38,55)41(53)58-7/h10-16,18,28,32,35,37-39,47,54-55H,8-9,17,19-26H2,1-7H3/t28-,32?,35?,37-,38+,39+,42-,43+,44+,45-,46-/m0/s1. The van der Waals surface area contributed by atoms with Crippen molar-refractivity contribution in [1.82, 2.24) is 19.7 Å². The van der Waals surface area contributed by atoms with Crippen molar-refractivity contribution in [2.24, 2.45) is 22.7 Å². The van der Waals surface area contributed by atoms with Crippen LogP contribution in [0, 0.1) is 22.7 Å². The van der Waals surface area contributed by atoms with E-state index in [9.17, 15) is 19.8 Å². The Hall–Kier alpha value is -4.01. The molecule has 12 atom stereocenters. The number of H-pyrrole nitrogens is 1. The molecule has 3 unspecified atom stereocenters. The van der Waals surface area contributed by atoms with E-state index < -0.39 is 69.5 Å². The lowest BCUT2D eigenvalue weighted by Crippen LogP contribution is -2.80. The number of likely N-dealkylation sites (N-methyl/N-ethyl adjacent to an activating group) is 1. The predicted molar refractivity (Wildman–Crippen MR) is 219 cm³/mol. The Morgan fingerprint density at radius 1 is 0.983 bits per heavy atom. The highest BCUT2D eigenvalue weighted by Crippen LogP contribution is 2.70. The quantitative estimate of drug-likeness (QED) is 0.213.